The SMILES string of the molecule is Cc1ccccc1N1CCN(c2ccc(C(=O)NCc3cccc(C(N)=O)c3)cc2NC(=O)c2coc(C3CC3)n2)CC1. The lowest BCUT2D eigenvalue weighted by Gasteiger charge is -2.38. The summed E-state index contributed by atoms with van der Waals surface area (Å²) in [4.78, 5) is 47.0. The molecule has 1 aliphatic heterocycles. The van der Waals surface area contributed by atoms with Crippen LogP contribution in [0.2, 0.25) is 0 Å². The largest absolute Gasteiger partial charge is 0.448 e. The average molecular weight is 579 g/mol. The number of aryl methyl sites for hydroxylation is 1. The number of nitrogens with one attached hydrogen (secondary N) is 2. The minimum Gasteiger partial charge on any atom is -0.448 e. The Morgan fingerprint density at radius 1 is 0.884 bits per heavy atom. The summed E-state index contributed by atoms with van der Waals surface area (Å²) < 4.78 is 5.54. The van der Waals surface area contributed by atoms with Crippen molar-refractivity contribution >= 4 is 34.8 Å². The molecule has 1 saturated heterocycles. The molecule has 6 rings (SSSR count). The molecule has 3 amide bonds. The van der Waals surface area contributed by atoms with Crippen molar-refractivity contribution in [2.75, 3.05) is 41.3 Å². The molecule has 1 saturated carbocycles. The Balaban J connectivity index is 1.21. The number of carbonyl (C=O) groups is 3. The van der Waals surface area contributed by atoms with E-state index in [1.54, 1.807) is 30.3 Å². The van der Waals surface area contributed by atoms with Gasteiger partial charge >= 0.3 is 0 Å². The number of hydrogen-bond acceptors (Lipinski definition) is 7. The van der Waals surface area contributed by atoms with Gasteiger partial charge in [-0.05, 0) is 67.3 Å². The standard InChI is InChI=1S/C33H34N6O4/c1-21-5-2-3-8-28(21)38-13-15-39(16-14-38)29-12-11-25(31(41)35-19-22-6-4-7-24(17-22)30(34)40)18-26(29)36-32(42)27-20-43-33(37-27)23-9-10-23/h2-8,11-12,17-18,20,23H,9-10,13-16,19H2,1H3,(H2,34,40)(H,35,41)(H,36,42). The van der Waals surface area contributed by atoms with Gasteiger partial charge in [-0.1, -0.05) is 30.3 Å². The summed E-state index contributed by atoms with van der Waals surface area (Å²) in [6.45, 7) is 5.46. The van der Waals surface area contributed by atoms with Crippen molar-refractivity contribution in [1.29, 1.82) is 0 Å². The highest BCUT2D eigenvalue weighted by Crippen LogP contribution is 2.39. The first kappa shape index (κ1) is 28.0. The van der Waals surface area contributed by atoms with Crippen LogP contribution in [0, 0.1) is 6.92 Å². The minimum atomic E-state index is -0.528. The second-order valence-corrected chi connectivity index (χ2v) is 11.0. The number of nitrogens with two attached hydrogens (primary N) is 1. The highest BCUT2D eigenvalue weighted by atomic mass is 16.3. The van der Waals surface area contributed by atoms with Gasteiger partial charge in [0.2, 0.25) is 5.91 Å². The smallest absolute Gasteiger partial charge is 0.277 e. The molecule has 0 spiro atoms. The van der Waals surface area contributed by atoms with Gasteiger partial charge in [-0.3, -0.25) is 14.4 Å². The van der Waals surface area contributed by atoms with Gasteiger partial charge < -0.3 is 30.6 Å². The van der Waals surface area contributed by atoms with E-state index in [1.165, 1.54) is 17.5 Å². The van der Waals surface area contributed by atoms with Crippen LogP contribution < -0.4 is 26.2 Å². The van der Waals surface area contributed by atoms with Crippen molar-refractivity contribution in [3.63, 3.8) is 0 Å². The zero-order valence-corrected chi connectivity index (χ0v) is 24.0. The predicted octanol–water partition coefficient (Wildman–Crippen LogP) is 4.47. The van der Waals surface area contributed by atoms with Crippen molar-refractivity contribution in [3.8, 4) is 0 Å². The number of hydrogen-bond donors (Lipinski definition) is 3. The predicted molar refractivity (Wildman–Crippen MR) is 165 cm³/mol. The molecule has 3 aromatic carbocycles. The summed E-state index contributed by atoms with van der Waals surface area (Å²) in [6.07, 6.45) is 3.43. The third-order valence-electron chi connectivity index (χ3n) is 7.93. The zero-order chi connectivity index (χ0) is 29.9. The first-order valence-electron chi connectivity index (χ1n) is 14.5. The number of benzene rings is 3. The summed E-state index contributed by atoms with van der Waals surface area (Å²) in [5.41, 5.74) is 10.9. The lowest BCUT2D eigenvalue weighted by atomic mass is 10.1. The molecule has 2 aliphatic rings. The molecule has 10 heteroatoms. The van der Waals surface area contributed by atoms with Crippen LogP contribution in [-0.4, -0.2) is 48.9 Å². The van der Waals surface area contributed by atoms with E-state index < -0.39 is 11.8 Å². The van der Waals surface area contributed by atoms with Gasteiger partial charge in [0.05, 0.1) is 11.4 Å². The molecule has 4 aromatic rings. The Hall–Kier alpha value is -5.12. The van der Waals surface area contributed by atoms with E-state index >= 15 is 0 Å². The Morgan fingerprint density at radius 2 is 1.63 bits per heavy atom. The molecular weight excluding hydrogens is 544 g/mol. The van der Waals surface area contributed by atoms with Gasteiger partial charge in [-0.2, -0.15) is 0 Å². The fraction of sp³-hybridized carbons (Fsp3) is 0.273. The number of nitrogens with zero attached hydrogens (tertiary/aromatic N) is 3. The van der Waals surface area contributed by atoms with Gasteiger partial charge in [-0.15, -0.1) is 0 Å². The van der Waals surface area contributed by atoms with Crippen LogP contribution in [0.1, 0.15) is 67.0 Å². The zero-order valence-electron chi connectivity index (χ0n) is 24.0. The van der Waals surface area contributed by atoms with E-state index in [4.69, 9.17) is 10.2 Å². The maximum absolute atomic E-state index is 13.3. The number of aromatic nitrogens is 1. The fourth-order valence-electron chi connectivity index (χ4n) is 5.37. The van der Waals surface area contributed by atoms with Gasteiger partial charge in [0.1, 0.15) is 6.26 Å². The Bertz CT molecular complexity index is 1670. The highest BCUT2D eigenvalue weighted by molar-refractivity contribution is 6.06. The van der Waals surface area contributed by atoms with Gasteiger partial charge in [0.25, 0.3) is 11.8 Å². The normalized spacial score (nSPS) is 14.8. The van der Waals surface area contributed by atoms with Gasteiger partial charge in [0, 0.05) is 55.5 Å². The van der Waals surface area contributed by atoms with Crippen molar-refractivity contribution in [1.82, 2.24) is 10.3 Å². The number of primary amides is 1. The molecule has 0 bridgehead atoms. The Kier molecular flexibility index (Phi) is 7.83. The third kappa shape index (κ3) is 6.38. The molecule has 43 heavy (non-hydrogen) atoms. The van der Waals surface area contributed by atoms with E-state index in [0.29, 0.717) is 22.7 Å². The monoisotopic (exact) mass is 578 g/mol. The number of rotatable bonds is 9. The number of oxazole rings is 1. The molecule has 220 valence electrons. The van der Waals surface area contributed by atoms with Crippen molar-refractivity contribution < 1.29 is 18.8 Å². The number of anilines is 3. The van der Waals surface area contributed by atoms with E-state index in [1.807, 2.05) is 18.2 Å². The van der Waals surface area contributed by atoms with E-state index in [2.05, 4.69) is 50.5 Å². The molecule has 0 atom stereocenters. The third-order valence-corrected chi connectivity index (χ3v) is 7.93. The lowest BCUT2D eigenvalue weighted by Crippen LogP contribution is -2.47. The fourth-order valence-corrected chi connectivity index (χ4v) is 5.37. The summed E-state index contributed by atoms with van der Waals surface area (Å²) in [5, 5.41) is 5.88. The van der Waals surface area contributed by atoms with Gasteiger partial charge in [0.15, 0.2) is 11.6 Å². The quantitative estimate of drug-likeness (QED) is 0.267. The Morgan fingerprint density at radius 3 is 2.35 bits per heavy atom. The summed E-state index contributed by atoms with van der Waals surface area (Å²) in [5.74, 6) is -0.353. The van der Waals surface area contributed by atoms with Crippen molar-refractivity contribution in [2.45, 2.75) is 32.2 Å². The molecule has 0 radical (unpaired) electrons. The summed E-state index contributed by atoms with van der Waals surface area (Å²) in [7, 11) is 0. The maximum Gasteiger partial charge on any atom is 0.277 e. The molecular formula is C33H34N6O4. The van der Waals surface area contributed by atoms with E-state index in [-0.39, 0.29) is 24.1 Å². The molecule has 0 unspecified atom stereocenters. The Labute approximate surface area is 249 Å². The van der Waals surface area contributed by atoms with Crippen LogP contribution in [0.3, 0.4) is 0 Å². The van der Waals surface area contributed by atoms with Crippen LogP contribution in [0.4, 0.5) is 17.1 Å². The van der Waals surface area contributed by atoms with Gasteiger partial charge in [-0.25, -0.2) is 4.98 Å². The van der Waals surface area contributed by atoms with Crippen LogP contribution in [0.25, 0.3) is 0 Å². The maximum atomic E-state index is 13.3. The first-order chi connectivity index (χ1) is 20.9. The lowest BCUT2D eigenvalue weighted by molar-refractivity contribution is 0.0949. The number of para-hydroxylation sites is 1. The van der Waals surface area contributed by atoms with Crippen LogP contribution in [0.15, 0.2) is 77.4 Å². The van der Waals surface area contributed by atoms with Crippen LogP contribution in [0.5, 0.6) is 0 Å². The molecule has 4 N–H and O–H groups in total. The van der Waals surface area contributed by atoms with Crippen molar-refractivity contribution in [3.05, 3.63) is 107 Å². The molecule has 1 aromatic heterocycles. The topological polar surface area (TPSA) is 134 Å². The van der Waals surface area contributed by atoms with Crippen LogP contribution in [-0.2, 0) is 6.54 Å². The molecule has 2 fully saturated rings. The molecule has 2 heterocycles. The molecule has 10 nitrogen and oxygen atoms in total. The number of piperazine rings is 1. The second kappa shape index (κ2) is 12.0. The minimum absolute atomic E-state index is 0.210. The first-order valence-corrected chi connectivity index (χ1v) is 14.5. The number of carbonyl (C=O) groups excluding carboxylic acids is 3. The van der Waals surface area contributed by atoms with E-state index in [9.17, 15) is 14.4 Å². The van der Waals surface area contributed by atoms with Crippen molar-refractivity contribution in [2.24, 2.45) is 5.73 Å². The highest BCUT2D eigenvalue weighted by Gasteiger charge is 2.30. The molecule has 1 aliphatic carbocycles. The number of amides is 3. The van der Waals surface area contributed by atoms with Crippen LogP contribution >= 0.6 is 0 Å². The summed E-state index contributed by atoms with van der Waals surface area (Å²) >= 11 is 0. The van der Waals surface area contributed by atoms with E-state index in [0.717, 1.165) is 50.3 Å². The second-order valence-electron chi connectivity index (χ2n) is 11.0. The average Bonchev–Trinajstić information content (AvgIpc) is 3.76. The summed E-state index contributed by atoms with van der Waals surface area (Å²) in [6, 6.07) is 20.5.